The van der Waals surface area contributed by atoms with Gasteiger partial charge in [0.1, 0.15) is 0 Å². The van der Waals surface area contributed by atoms with E-state index in [1.54, 1.807) is 36.4 Å². The summed E-state index contributed by atoms with van der Waals surface area (Å²) in [5.74, 6) is 0.675. The summed E-state index contributed by atoms with van der Waals surface area (Å²) < 4.78 is 10.9. The first-order valence-corrected chi connectivity index (χ1v) is 7.98. The zero-order valence-corrected chi connectivity index (χ0v) is 14.5. The standard InChI is InChI=1S/C17H16Cl2N2O3/c1-2-23-14-8-3-4-9-15(14)24-11-16(22)21-20-10-12-6-5-7-13(18)17(12)19/h3-10H,2,11H2,1H3,(H,21,22). The van der Waals surface area contributed by atoms with Crippen molar-refractivity contribution >= 4 is 35.3 Å². The fraction of sp³-hybridized carbons (Fsp3) is 0.176. The molecular weight excluding hydrogens is 351 g/mol. The van der Waals surface area contributed by atoms with Gasteiger partial charge in [0.05, 0.1) is 22.9 Å². The highest BCUT2D eigenvalue weighted by Gasteiger charge is 2.07. The summed E-state index contributed by atoms with van der Waals surface area (Å²) >= 11 is 11.9. The van der Waals surface area contributed by atoms with Gasteiger partial charge in [-0.3, -0.25) is 4.79 Å². The lowest BCUT2D eigenvalue weighted by atomic mass is 10.2. The number of hydrogen-bond donors (Lipinski definition) is 1. The summed E-state index contributed by atoms with van der Waals surface area (Å²) in [4.78, 5) is 11.8. The minimum absolute atomic E-state index is 0.190. The van der Waals surface area contributed by atoms with Crippen LogP contribution in [0.3, 0.4) is 0 Å². The van der Waals surface area contributed by atoms with Crippen molar-refractivity contribution in [2.24, 2.45) is 5.10 Å². The molecule has 2 aromatic rings. The van der Waals surface area contributed by atoms with Gasteiger partial charge in [-0.2, -0.15) is 5.10 Å². The Morgan fingerprint density at radius 3 is 2.54 bits per heavy atom. The molecule has 0 unspecified atom stereocenters. The largest absolute Gasteiger partial charge is 0.490 e. The Hall–Kier alpha value is -2.24. The number of rotatable bonds is 7. The first-order chi connectivity index (χ1) is 11.6. The van der Waals surface area contributed by atoms with Gasteiger partial charge in [0.2, 0.25) is 0 Å². The van der Waals surface area contributed by atoms with Crippen molar-refractivity contribution in [2.45, 2.75) is 6.92 Å². The van der Waals surface area contributed by atoms with Gasteiger partial charge in [-0.15, -0.1) is 0 Å². The van der Waals surface area contributed by atoms with Crippen LogP contribution in [0.4, 0.5) is 0 Å². The second kappa shape index (κ2) is 9.15. The normalized spacial score (nSPS) is 10.6. The lowest BCUT2D eigenvalue weighted by molar-refractivity contribution is -0.123. The molecule has 2 rings (SSSR count). The van der Waals surface area contributed by atoms with E-state index >= 15 is 0 Å². The first kappa shape index (κ1) is 18.1. The van der Waals surface area contributed by atoms with Gasteiger partial charge >= 0.3 is 0 Å². The number of nitrogens with zero attached hydrogens (tertiary/aromatic N) is 1. The van der Waals surface area contributed by atoms with Gasteiger partial charge in [0.25, 0.3) is 5.91 Å². The van der Waals surface area contributed by atoms with E-state index in [4.69, 9.17) is 32.7 Å². The molecule has 0 aliphatic carbocycles. The zero-order chi connectivity index (χ0) is 17.4. The number of carbonyl (C=O) groups excluding carboxylic acids is 1. The molecule has 0 heterocycles. The molecule has 2 aromatic carbocycles. The fourth-order valence-electron chi connectivity index (χ4n) is 1.81. The molecule has 1 amide bonds. The maximum absolute atomic E-state index is 11.8. The van der Waals surface area contributed by atoms with Crippen LogP contribution in [0.5, 0.6) is 11.5 Å². The van der Waals surface area contributed by atoms with Crippen LogP contribution in [-0.4, -0.2) is 25.3 Å². The average molecular weight is 367 g/mol. The molecule has 0 fully saturated rings. The highest BCUT2D eigenvalue weighted by atomic mass is 35.5. The number of para-hydroxylation sites is 2. The van der Waals surface area contributed by atoms with E-state index < -0.39 is 5.91 Å². The van der Waals surface area contributed by atoms with Gasteiger partial charge in [-0.1, -0.05) is 47.5 Å². The number of ether oxygens (including phenoxy) is 2. The number of benzene rings is 2. The van der Waals surface area contributed by atoms with Crippen molar-refractivity contribution in [2.75, 3.05) is 13.2 Å². The van der Waals surface area contributed by atoms with Crippen LogP contribution < -0.4 is 14.9 Å². The monoisotopic (exact) mass is 366 g/mol. The summed E-state index contributed by atoms with van der Waals surface area (Å²) in [7, 11) is 0. The van der Waals surface area contributed by atoms with Crippen LogP contribution in [-0.2, 0) is 4.79 Å². The Balaban J connectivity index is 1.88. The molecule has 1 N–H and O–H groups in total. The van der Waals surface area contributed by atoms with Crippen LogP contribution in [0.2, 0.25) is 10.0 Å². The summed E-state index contributed by atoms with van der Waals surface area (Å²) in [5.41, 5.74) is 2.97. The molecule has 126 valence electrons. The number of carbonyl (C=O) groups is 1. The minimum Gasteiger partial charge on any atom is -0.490 e. The summed E-state index contributed by atoms with van der Waals surface area (Å²) in [6, 6.07) is 12.3. The molecule has 5 nitrogen and oxygen atoms in total. The van der Waals surface area contributed by atoms with E-state index in [0.29, 0.717) is 33.7 Å². The smallest absolute Gasteiger partial charge is 0.277 e. The van der Waals surface area contributed by atoms with Crippen LogP contribution in [0, 0.1) is 0 Å². The number of nitrogens with one attached hydrogen (secondary N) is 1. The molecule has 0 bridgehead atoms. The molecule has 0 atom stereocenters. The molecule has 7 heteroatoms. The quantitative estimate of drug-likeness (QED) is 0.596. The van der Waals surface area contributed by atoms with Crippen LogP contribution >= 0.6 is 23.2 Å². The summed E-state index contributed by atoms with van der Waals surface area (Å²) in [6.07, 6.45) is 1.42. The summed E-state index contributed by atoms with van der Waals surface area (Å²) in [5, 5.41) is 4.63. The molecule has 0 aromatic heterocycles. The van der Waals surface area contributed by atoms with Gasteiger partial charge in [0, 0.05) is 5.56 Å². The second-order valence-electron chi connectivity index (χ2n) is 4.60. The number of amides is 1. The predicted octanol–water partition coefficient (Wildman–Crippen LogP) is 3.92. The topological polar surface area (TPSA) is 59.9 Å². The van der Waals surface area contributed by atoms with Crippen molar-refractivity contribution in [3.05, 3.63) is 58.1 Å². The second-order valence-corrected chi connectivity index (χ2v) is 5.39. The Labute approximate surface area is 150 Å². The van der Waals surface area contributed by atoms with Crippen molar-refractivity contribution in [3.63, 3.8) is 0 Å². The lowest BCUT2D eigenvalue weighted by Crippen LogP contribution is -2.24. The Morgan fingerprint density at radius 1 is 1.12 bits per heavy atom. The van der Waals surface area contributed by atoms with Crippen molar-refractivity contribution < 1.29 is 14.3 Å². The maximum atomic E-state index is 11.8. The van der Waals surface area contributed by atoms with Gasteiger partial charge < -0.3 is 9.47 Å². The Kier molecular flexibility index (Phi) is 6.90. The zero-order valence-electron chi connectivity index (χ0n) is 13.0. The molecule has 0 saturated heterocycles. The third kappa shape index (κ3) is 5.15. The average Bonchev–Trinajstić information content (AvgIpc) is 2.58. The molecule has 24 heavy (non-hydrogen) atoms. The molecule has 0 aliphatic heterocycles. The third-order valence-electron chi connectivity index (χ3n) is 2.88. The Morgan fingerprint density at radius 2 is 1.83 bits per heavy atom. The van der Waals surface area contributed by atoms with Crippen molar-refractivity contribution in [1.29, 1.82) is 0 Å². The lowest BCUT2D eigenvalue weighted by Gasteiger charge is -2.10. The Bertz CT molecular complexity index is 736. The number of halogens is 2. The van der Waals surface area contributed by atoms with E-state index in [1.807, 2.05) is 13.0 Å². The molecule has 0 saturated carbocycles. The molecule has 0 radical (unpaired) electrons. The van der Waals surface area contributed by atoms with Crippen molar-refractivity contribution in [3.8, 4) is 11.5 Å². The van der Waals surface area contributed by atoms with E-state index in [0.717, 1.165) is 0 Å². The third-order valence-corrected chi connectivity index (χ3v) is 3.72. The van der Waals surface area contributed by atoms with Gasteiger partial charge in [-0.25, -0.2) is 5.43 Å². The number of hydrazone groups is 1. The van der Waals surface area contributed by atoms with E-state index in [-0.39, 0.29) is 6.61 Å². The minimum atomic E-state index is -0.407. The van der Waals surface area contributed by atoms with Crippen LogP contribution in [0.25, 0.3) is 0 Å². The SMILES string of the molecule is CCOc1ccccc1OCC(=O)NN=Cc1cccc(Cl)c1Cl. The fourth-order valence-corrected chi connectivity index (χ4v) is 2.17. The van der Waals surface area contributed by atoms with E-state index in [2.05, 4.69) is 10.5 Å². The molecular formula is C17H16Cl2N2O3. The predicted molar refractivity (Wildman–Crippen MR) is 95.3 cm³/mol. The van der Waals surface area contributed by atoms with E-state index in [9.17, 15) is 4.79 Å². The highest BCUT2D eigenvalue weighted by molar-refractivity contribution is 6.43. The van der Waals surface area contributed by atoms with Crippen molar-refractivity contribution in [1.82, 2.24) is 5.43 Å². The number of hydrogen-bond acceptors (Lipinski definition) is 4. The van der Waals surface area contributed by atoms with Gasteiger partial charge in [0.15, 0.2) is 18.1 Å². The van der Waals surface area contributed by atoms with Crippen LogP contribution in [0.15, 0.2) is 47.6 Å². The van der Waals surface area contributed by atoms with E-state index in [1.165, 1.54) is 6.21 Å². The maximum Gasteiger partial charge on any atom is 0.277 e. The molecule has 0 spiro atoms. The van der Waals surface area contributed by atoms with Gasteiger partial charge in [-0.05, 0) is 25.1 Å². The highest BCUT2D eigenvalue weighted by Crippen LogP contribution is 2.26. The molecule has 0 aliphatic rings. The van der Waals surface area contributed by atoms with Crippen LogP contribution in [0.1, 0.15) is 12.5 Å². The first-order valence-electron chi connectivity index (χ1n) is 7.22. The summed E-state index contributed by atoms with van der Waals surface area (Å²) in [6.45, 7) is 2.20.